The Labute approximate surface area is 110 Å². The van der Waals surface area contributed by atoms with Crippen molar-refractivity contribution in [1.82, 2.24) is 4.90 Å². The van der Waals surface area contributed by atoms with E-state index in [9.17, 15) is 0 Å². The molecule has 0 radical (unpaired) electrons. The van der Waals surface area contributed by atoms with E-state index in [1.54, 1.807) is 0 Å². The minimum absolute atomic E-state index is 0.625. The maximum atomic E-state index is 5.51. The van der Waals surface area contributed by atoms with Crippen molar-refractivity contribution in [3.63, 3.8) is 0 Å². The summed E-state index contributed by atoms with van der Waals surface area (Å²) < 4.78 is 5.51. The Hall–Kier alpha value is 0.260. The third-order valence-electron chi connectivity index (χ3n) is 2.99. The van der Waals surface area contributed by atoms with E-state index in [0.717, 1.165) is 31.6 Å². The maximum Gasteiger partial charge on any atom is 0.159 e. The van der Waals surface area contributed by atoms with E-state index in [1.165, 1.54) is 18.0 Å². The van der Waals surface area contributed by atoms with Crippen LogP contribution in [0.25, 0.3) is 0 Å². The van der Waals surface area contributed by atoms with Crippen LogP contribution in [0, 0.1) is 5.92 Å². The average molecular weight is 307 g/mol. The first-order valence-electron chi connectivity index (χ1n) is 5.85. The van der Waals surface area contributed by atoms with Crippen LogP contribution in [0.15, 0.2) is 4.99 Å². The van der Waals surface area contributed by atoms with Crippen molar-refractivity contribution >= 4 is 32.9 Å². The highest BCUT2D eigenvalue weighted by atomic mass is 79.9. The molecule has 1 fully saturated rings. The Balaban J connectivity index is 1.77. The van der Waals surface area contributed by atoms with Crippen LogP contribution in [0.4, 0.5) is 0 Å². The number of aliphatic imine (C=N–C) groups is 1. The molecule has 0 amide bonds. The van der Waals surface area contributed by atoms with E-state index in [4.69, 9.17) is 4.74 Å². The lowest BCUT2D eigenvalue weighted by atomic mass is 10.0. The van der Waals surface area contributed by atoms with Gasteiger partial charge in [-0.15, -0.1) is 0 Å². The van der Waals surface area contributed by atoms with Gasteiger partial charge in [0.25, 0.3) is 0 Å². The lowest BCUT2D eigenvalue weighted by Gasteiger charge is -2.28. The van der Waals surface area contributed by atoms with Crippen LogP contribution in [0.5, 0.6) is 0 Å². The zero-order valence-electron chi connectivity index (χ0n) is 9.69. The number of amidine groups is 1. The summed E-state index contributed by atoms with van der Waals surface area (Å²) in [5.41, 5.74) is 0. The second kappa shape index (κ2) is 6.26. The van der Waals surface area contributed by atoms with Crippen LogP contribution in [0.2, 0.25) is 0 Å². The highest BCUT2D eigenvalue weighted by Gasteiger charge is 2.23. The highest BCUT2D eigenvalue weighted by molar-refractivity contribution is 9.09. The van der Waals surface area contributed by atoms with Crippen LogP contribution in [-0.4, -0.2) is 54.0 Å². The second-order valence-electron chi connectivity index (χ2n) is 4.48. The smallest absolute Gasteiger partial charge is 0.159 e. The number of rotatable bonds is 3. The van der Waals surface area contributed by atoms with Crippen LogP contribution < -0.4 is 0 Å². The SMILES string of the molecule is CN(CC1CCCOC1)C1=NCC(CBr)S1. The molecule has 2 unspecified atom stereocenters. The predicted octanol–water partition coefficient (Wildman–Crippen LogP) is 2.21. The zero-order chi connectivity index (χ0) is 11.4. The summed E-state index contributed by atoms with van der Waals surface area (Å²) >= 11 is 5.41. The molecule has 0 aromatic heterocycles. The molecule has 0 aromatic carbocycles. The lowest BCUT2D eigenvalue weighted by molar-refractivity contribution is 0.0488. The summed E-state index contributed by atoms with van der Waals surface area (Å²) in [6.45, 7) is 3.91. The number of ether oxygens (including phenoxy) is 1. The van der Waals surface area contributed by atoms with Crippen molar-refractivity contribution in [2.75, 3.05) is 38.7 Å². The van der Waals surface area contributed by atoms with E-state index >= 15 is 0 Å². The van der Waals surface area contributed by atoms with Gasteiger partial charge < -0.3 is 9.64 Å². The van der Waals surface area contributed by atoms with Crippen molar-refractivity contribution in [3.05, 3.63) is 0 Å². The molecule has 5 heteroatoms. The number of nitrogens with zero attached hydrogens (tertiary/aromatic N) is 2. The minimum Gasteiger partial charge on any atom is -0.381 e. The Morgan fingerprint density at radius 1 is 1.62 bits per heavy atom. The topological polar surface area (TPSA) is 24.8 Å². The Morgan fingerprint density at radius 3 is 3.12 bits per heavy atom. The van der Waals surface area contributed by atoms with Crippen LogP contribution in [0.3, 0.4) is 0 Å². The molecule has 2 rings (SSSR count). The molecule has 2 atom stereocenters. The van der Waals surface area contributed by atoms with E-state index < -0.39 is 0 Å². The fraction of sp³-hybridized carbons (Fsp3) is 0.909. The summed E-state index contributed by atoms with van der Waals surface area (Å²) in [6.07, 6.45) is 2.51. The van der Waals surface area contributed by atoms with Gasteiger partial charge in [0.1, 0.15) is 0 Å². The first kappa shape index (κ1) is 12.7. The first-order valence-corrected chi connectivity index (χ1v) is 7.85. The number of alkyl halides is 1. The first-order chi connectivity index (χ1) is 7.79. The van der Waals surface area contributed by atoms with Gasteiger partial charge in [-0.2, -0.15) is 0 Å². The molecule has 0 spiro atoms. The molecule has 16 heavy (non-hydrogen) atoms. The molecule has 0 aromatic rings. The Kier molecular flexibility index (Phi) is 4.97. The van der Waals surface area contributed by atoms with Gasteiger partial charge in [0, 0.05) is 30.8 Å². The minimum atomic E-state index is 0.625. The van der Waals surface area contributed by atoms with Crippen molar-refractivity contribution in [3.8, 4) is 0 Å². The lowest BCUT2D eigenvalue weighted by Crippen LogP contribution is -2.33. The molecule has 2 aliphatic heterocycles. The van der Waals surface area contributed by atoms with Crippen molar-refractivity contribution < 1.29 is 4.74 Å². The van der Waals surface area contributed by atoms with Gasteiger partial charge in [-0.3, -0.25) is 4.99 Å². The maximum absolute atomic E-state index is 5.51. The summed E-state index contributed by atoms with van der Waals surface area (Å²) in [5.74, 6) is 0.685. The van der Waals surface area contributed by atoms with E-state index in [-0.39, 0.29) is 0 Å². The molecule has 0 saturated carbocycles. The van der Waals surface area contributed by atoms with Gasteiger partial charge in [-0.05, 0) is 18.8 Å². The van der Waals surface area contributed by atoms with Gasteiger partial charge in [-0.1, -0.05) is 27.7 Å². The number of hydrogen-bond donors (Lipinski definition) is 0. The molecule has 3 nitrogen and oxygen atoms in total. The molecule has 92 valence electrons. The molecular formula is C11H19BrN2OS. The molecule has 0 aliphatic carbocycles. The molecule has 2 aliphatic rings. The van der Waals surface area contributed by atoms with E-state index in [2.05, 4.69) is 32.9 Å². The van der Waals surface area contributed by atoms with Gasteiger partial charge in [0.2, 0.25) is 0 Å². The fourth-order valence-corrected chi connectivity index (χ4v) is 3.63. The number of halogens is 1. The van der Waals surface area contributed by atoms with Gasteiger partial charge in [0.15, 0.2) is 5.17 Å². The summed E-state index contributed by atoms with van der Waals surface area (Å²) in [4.78, 5) is 6.89. The van der Waals surface area contributed by atoms with Crippen LogP contribution in [-0.2, 0) is 4.74 Å². The molecule has 0 bridgehead atoms. The molecular weight excluding hydrogens is 288 g/mol. The average Bonchev–Trinajstić information content (AvgIpc) is 2.79. The summed E-state index contributed by atoms with van der Waals surface area (Å²) in [7, 11) is 2.15. The second-order valence-corrected chi connectivity index (χ2v) is 6.40. The van der Waals surface area contributed by atoms with Gasteiger partial charge in [0.05, 0.1) is 13.2 Å². The monoisotopic (exact) mass is 306 g/mol. The standard InChI is InChI=1S/C11H19BrN2OS/c1-14(7-9-3-2-4-15-8-9)11-13-6-10(5-12)16-11/h9-10H,2-8H2,1H3. The van der Waals surface area contributed by atoms with E-state index in [0.29, 0.717) is 11.2 Å². The number of thioether (sulfide) groups is 1. The van der Waals surface area contributed by atoms with Crippen molar-refractivity contribution in [1.29, 1.82) is 0 Å². The third kappa shape index (κ3) is 3.37. The fourth-order valence-electron chi connectivity index (χ4n) is 2.11. The van der Waals surface area contributed by atoms with E-state index in [1.807, 2.05) is 11.8 Å². The largest absolute Gasteiger partial charge is 0.381 e. The highest BCUT2D eigenvalue weighted by Crippen LogP contribution is 2.25. The Bertz CT molecular complexity index is 256. The number of hydrogen-bond acceptors (Lipinski definition) is 4. The van der Waals surface area contributed by atoms with Crippen molar-refractivity contribution in [2.45, 2.75) is 18.1 Å². The molecule has 1 saturated heterocycles. The summed E-state index contributed by atoms with van der Waals surface area (Å²) in [6, 6.07) is 0. The normalized spacial score (nSPS) is 30.2. The summed E-state index contributed by atoms with van der Waals surface area (Å²) in [5, 5.41) is 2.86. The van der Waals surface area contributed by atoms with Crippen molar-refractivity contribution in [2.24, 2.45) is 10.9 Å². The third-order valence-corrected chi connectivity index (χ3v) is 5.50. The molecule has 0 N–H and O–H groups in total. The van der Waals surface area contributed by atoms with Gasteiger partial charge >= 0.3 is 0 Å². The quantitative estimate of drug-likeness (QED) is 0.747. The van der Waals surface area contributed by atoms with Crippen LogP contribution in [0.1, 0.15) is 12.8 Å². The zero-order valence-corrected chi connectivity index (χ0v) is 12.1. The van der Waals surface area contributed by atoms with Gasteiger partial charge in [-0.25, -0.2) is 0 Å². The Morgan fingerprint density at radius 2 is 2.50 bits per heavy atom. The molecule has 2 heterocycles. The van der Waals surface area contributed by atoms with Crippen LogP contribution >= 0.6 is 27.7 Å². The predicted molar refractivity (Wildman–Crippen MR) is 73.6 cm³/mol.